The van der Waals surface area contributed by atoms with Gasteiger partial charge >= 0.3 is 0 Å². The first kappa shape index (κ1) is 10.5. The van der Waals surface area contributed by atoms with Crippen LogP contribution < -0.4 is 0 Å². The molecule has 0 aromatic rings. The van der Waals surface area contributed by atoms with E-state index in [1.807, 2.05) is 6.20 Å². The molecule has 0 bridgehead atoms. The smallest absolute Gasteiger partial charge is 0.0169 e. The molecule has 11 heavy (non-hydrogen) atoms. The van der Waals surface area contributed by atoms with Crippen molar-refractivity contribution < 1.29 is 0 Å². The van der Waals surface area contributed by atoms with Crippen molar-refractivity contribution in [2.24, 2.45) is 0 Å². The van der Waals surface area contributed by atoms with Gasteiger partial charge in [-0.05, 0) is 12.6 Å². The SMILES string of the molecule is C=CN(C)CCCCCCC. The lowest BCUT2D eigenvalue weighted by Crippen LogP contribution is -2.11. The second-order valence-corrected chi connectivity index (χ2v) is 3.08. The van der Waals surface area contributed by atoms with E-state index in [2.05, 4.69) is 25.5 Å². The highest BCUT2D eigenvalue weighted by Gasteiger charge is 1.90. The third-order valence-electron chi connectivity index (χ3n) is 1.93. The summed E-state index contributed by atoms with van der Waals surface area (Å²) in [5.41, 5.74) is 0. The van der Waals surface area contributed by atoms with Gasteiger partial charge in [0.25, 0.3) is 0 Å². The second-order valence-electron chi connectivity index (χ2n) is 3.08. The highest BCUT2D eigenvalue weighted by molar-refractivity contribution is 4.65. The Balaban J connectivity index is 2.95. The summed E-state index contributed by atoms with van der Waals surface area (Å²) in [6, 6.07) is 0. The zero-order chi connectivity index (χ0) is 8.53. The van der Waals surface area contributed by atoms with Crippen LogP contribution in [0.1, 0.15) is 39.0 Å². The predicted molar refractivity (Wildman–Crippen MR) is 51.6 cm³/mol. The Morgan fingerprint density at radius 1 is 1.18 bits per heavy atom. The summed E-state index contributed by atoms with van der Waals surface area (Å²) in [5, 5.41) is 0. The van der Waals surface area contributed by atoms with Gasteiger partial charge in [0.05, 0.1) is 0 Å². The van der Waals surface area contributed by atoms with E-state index in [1.54, 1.807) is 0 Å². The molecule has 0 heterocycles. The molecule has 0 aliphatic carbocycles. The lowest BCUT2D eigenvalue weighted by molar-refractivity contribution is 0.431. The topological polar surface area (TPSA) is 3.24 Å². The molecular weight excluding hydrogens is 134 g/mol. The molecule has 0 unspecified atom stereocenters. The van der Waals surface area contributed by atoms with Gasteiger partial charge in [-0.25, -0.2) is 0 Å². The van der Waals surface area contributed by atoms with Crippen molar-refractivity contribution in [1.82, 2.24) is 4.90 Å². The minimum Gasteiger partial charge on any atom is -0.381 e. The first-order chi connectivity index (χ1) is 5.31. The molecule has 0 N–H and O–H groups in total. The van der Waals surface area contributed by atoms with Crippen molar-refractivity contribution in [3.63, 3.8) is 0 Å². The zero-order valence-electron chi connectivity index (χ0n) is 7.97. The summed E-state index contributed by atoms with van der Waals surface area (Å²) in [7, 11) is 2.08. The summed E-state index contributed by atoms with van der Waals surface area (Å²) in [4.78, 5) is 2.14. The van der Waals surface area contributed by atoms with E-state index < -0.39 is 0 Å². The van der Waals surface area contributed by atoms with Crippen molar-refractivity contribution >= 4 is 0 Å². The minimum atomic E-state index is 1.16. The van der Waals surface area contributed by atoms with Crippen molar-refractivity contribution in [3.05, 3.63) is 12.8 Å². The molecule has 0 rings (SSSR count). The van der Waals surface area contributed by atoms with Crippen molar-refractivity contribution in [2.45, 2.75) is 39.0 Å². The van der Waals surface area contributed by atoms with Gasteiger partial charge in [-0.1, -0.05) is 39.2 Å². The number of hydrogen-bond acceptors (Lipinski definition) is 1. The van der Waals surface area contributed by atoms with Gasteiger partial charge in [-0.3, -0.25) is 0 Å². The Hall–Kier alpha value is -0.460. The third-order valence-corrected chi connectivity index (χ3v) is 1.93. The second kappa shape index (κ2) is 7.64. The molecule has 0 aromatic heterocycles. The van der Waals surface area contributed by atoms with Gasteiger partial charge in [0.15, 0.2) is 0 Å². The van der Waals surface area contributed by atoms with E-state index >= 15 is 0 Å². The van der Waals surface area contributed by atoms with Gasteiger partial charge in [-0.15, -0.1) is 0 Å². The maximum atomic E-state index is 3.70. The summed E-state index contributed by atoms with van der Waals surface area (Å²) >= 11 is 0. The quantitative estimate of drug-likeness (QED) is 0.511. The Morgan fingerprint density at radius 2 is 1.82 bits per heavy atom. The van der Waals surface area contributed by atoms with E-state index in [-0.39, 0.29) is 0 Å². The fraction of sp³-hybridized carbons (Fsp3) is 0.800. The lowest BCUT2D eigenvalue weighted by atomic mass is 10.1. The maximum absolute atomic E-state index is 3.70. The lowest BCUT2D eigenvalue weighted by Gasteiger charge is -2.11. The van der Waals surface area contributed by atoms with Crippen molar-refractivity contribution in [1.29, 1.82) is 0 Å². The van der Waals surface area contributed by atoms with E-state index in [9.17, 15) is 0 Å². The first-order valence-electron chi connectivity index (χ1n) is 4.64. The van der Waals surface area contributed by atoms with Crippen LogP contribution in [0, 0.1) is 0 Å². The Bertz CT molecular complexity index is 88.9. The van der Waals surface area contributed by atoms with Crippen LogP contribution >= 0.6 is 0 Å². The highest BCUT2D eigenvalue weighted by Crippen LogP contribution is 2.02. The van der Waals surface area contributed by atoms with Crippen LogP contribution in [0.25, 0.3) is 0 Å². The molecule has 1 nitrogen and oxygen atoms in total. The molecule has 66 valence electrons. The van der Waals surface area contributed by atoms with Gasteiger partial charge in [0.2, 0.25) is 0 Å². The first-order valence-corrected chi connectivity index (χ1v) is 4.64. The summed E-state index contributed by atoms with van der Waals surface area (Å²) in [5.74, 6) is 0. The molecule has 0 aliphatic rings. The maximum Gasteiger partial charge on any atom is 0.0169 e. The normalized spacial score (nSPS) is 9.64. The van der Waals surface area contributed by atoms with E-state index in [0.29, 0.717) is 0 Å². The van der Waals surface area contributed by atoms with Crippen LogP contribution in [-0.4, -0.2) is 18.5 Å². The van der Waals surface area contributed by atoms with Crippen LogP contribution in [0.4, 0.5) is 0 Å². The number of hydrogen-bond donors (Lipinski definition) is 0. The highest BCUT2D eigenvalue weighted by atomic mass is 15.1. The molecule has 0 atom stereocenters. The van der Waals surface area contributed by atoms with Crippen LogP contribution in [0.3, 0.4) is 0 Å². The molecule has 1 heteroatoms. The monoisotopic (exact) mass is 155 g/mol. The number of nitrogens with zero attached hydrogens (tertiary/aromatic N) is 1. The number of unbranched alkanes of at least 4 members (excludes halogenated alkanes) is 4. The van der Waals surface area contributed by atoms with Crippen molar-refractivity contribution in [3.8, 4) is 0 Å². The molecule has 0 aliphatic heterocycles. The van der Waals surface area contributed by atoms with Crippen LogP contribution in [0.15, 0.2) is 12.8 Å². The molecule has 0 amide bonds. The average Bonchev–Trinajstić information content (AvgIpc) is 2.04. The standard InChI is InChI=1S/C10H21N/c1-4-6-7-8-9-10-11(3)5-2/h5H,2,4,6-10H2,1,3H3. The summed E-state index contributed by atoms with van der Waals surface area (Å²) in [6.45, 7) is 7.11. The van der Waals surface area contributed by atoms with Crippen molar-refractivity contribution in [2.75, 3.05) is 13.6 Å². The van der Waals surface area contributed by atoms with Gasteiger partial charge < -0.3 is 4.90 Å². The molecular formula is C10H21N. The predicted octanol–water partition coefficient (Wildman–Crippen LogP) is 3.03. The molecule has 0 fully saturated rings. The van der Waals surface area contributed by atoms with Crippen LogP contribution in [0.2, 0.25) is 0 Å². The summed E-state index contributed by atoms with van der Waals surface area (Å²) in [6.07, 6.45) is 8.67. The van der Waals surface area contributed by atoms with Gasteiger partial charge in [0, 0.05) is 13.6 Å². The van der Waals surface area contributed by atoms with E-state index in [0.717, 1.165) is 6.54 Å². The Morgan fingerprint density at radius 3 is 2.36 bits per heavy atom. The molecule has 0 aromatic carbocycles. The molecule has 0 saturated heterocycles. The Labute approximate surface area is 71.1 Å². The molecule has 0 radical (unpaired) electrons. The minimum absolute atomic E-state index is 1.16. The van der Waals surface area contributed by atoms with E-state index in [4.69, 9.17) is 0 Å². The fourth-order valence-electron chi connectivity index (χ4n) is 1.06. The van der Waals surface area contributed by atoms with Gasteiger partial charge in [-0.2, -0.15) is 0 Å². The van der Waals surface area contributed by atoms with E-state index in [1.165, 1.54) is 32.1 Å². The van der Waals surface area contributed by atoms with Crippen LogP contribution in [-0.2, 0) is 0 Å². The fourth-order valence-corrected chi connectivity index (χ4v) is 1.06. The summed E-state index contributed by atoms with van der Waals surface area (Å²) < 4.78 is 0. The van der Waals surface area contributed by atoms with Crippen LogP contribution in [0.5, 0.6) is 0 Å². The third kappa shape index (κ3) is 7.44. The number of rotatable bonds is 7. The Kier molecular flexibility index (Phi) is 7.33. The molecule has 0 saturated carbocycles. The van der Waals surface area contributed by atoms with Gasteiger partial charge in [0.1, 0.15) is 0 Å². The molecule has 0 spiro atoms. The largest absolute Gasteiger partial charge is 0.381 e. The average molecular weight is 155 g/mol. The zero-order valence-corrected chi connectivity index (χ0v) is 7.97.